The molecule has 1 aromatic carbocycles. The van der Waals surface area contributed by atoms with Crippen molar-refractivity contribution in [1.29, 1.82) is 0 Å². The number of hydrogen-bond donors (Lipinski definition) is 0. The molecule has 0 aliphatic heterocycles. The summed E-state index contributed by atoms with van der Waals surface area (Å²) in [5.41, 5.74) is -0.645. The van der Waals surface area contributed by atoms with Crippen LogP contribution in [0.4, 0.5) is 13.2 Å². The maximum absolute atomic E-state index is 13.3. The highest BCUT2D eigenvalue weighted by atomic mass is 79.9. The minimum atomic E-state index is -1.37. The molecule has 0 N–H and O–H groups in total. The van der Waals surface area contributed by atoms with Gasteiger partial charge in [0.15, 0.2) is 11.6 Å². The third-order valence-corrected chi connectivity index (χ3v) is 2.33. The van der Waals surface area contributed by atoms with Gasteiger partial charge < -0.3 is 4.74 Å². The van der Waals surface area contributed by atoms with Gasteiger partial charge in [-0.05, 0) is 22.0 Å². The van der Waals surface area contributed by atoms with Gasteiger partial charge in [-0.15, -0.1) is 0 Å². The Morgan fingerprint density at radius 3 is 2.53 bits per heavy atom. The summed E-state index contributed by atoms with van der Waals surface area (Å²) in [7, 11) is 1.08. The van der Waals surface area contributed by atoms with Crippen molar-refractivity contribution in [2.45, 2.75) is 6.42 Å². The van der Waals surface area contributed by atoms with Crippen LogP contribution in [0, 0.1) is 17.5 Å². The van der Waals surface area contributed by atoms with Gasteiger partial charge in [-0.25, -0.2) is 13.2 Å². The molecule has 6 heteroatoms. The number of hydrogen-bond acceptors (Lipinski definition) is 2. The van der Waals surface area contributed by atoms with E-state index in [-0.39, 0.29) is 4.47 Å². The molecule has 82 valence electrons. The Bertz CT molecular complexity index is 381. The van der Waals surface area contributed by atoms with Crippen molar-refractivity contribution in [1.82, 2.24) is 0 Å². The highest BCUT2D eigenvalue weighted by Crippen LogP contribution is 2.24. The maximum atomic E-state index is 13.3. The molecule has 2 nitrogen and oxygen atoms in total. The second kappa shape index (κ2) is 4.65. The average molecular weight is 283 g/mol. The first kappa shape index (κ1) is 12.0. The van der Waals surface area contributed by atoms with Crippen molar-refractivity contribution < 1.29 is 22.7 Å². The van der Waals surface area contributed by atoms with Gasteiger partial charge in [0.1, 0.15) is 5.82 Å². The predicted molar refractivity (Wildman–Crippen MR) is 49.7 cm³/mol. The van der Waals surface area contributed by atoms with Gasteiger partial charge >= 0.3 is 5.97 Å². The van der Waals surface area contributed by atoms with Gasteiger partial charge in [0, 0.05) is 5.56 Å². The van der Waals surface area contributed by atoms with E-state index in [4.69, 9.17) is 0 Å². The van der Waals surface area contributed by atoms with Gasteiger partial charge in [0.25, 0.3) is 0 Å². The average Bonchev–Trinajstić information content (AvgIpc) is 2.21. The number of halogens is 4. The summed E-state index contributed by atoms with van der Waals surface area (Å²) in [5, 5.41) is 0. The minimum Gasteiger partial charge on any atom is -0.469 e. The molecule has 0 saturated heterocycles. The van der Waals surface area contributed by atoms with E-state index in [1.807, 2.05) is 0 Å². The SMILES string of the molecule is COC(=O)Cc1c(F)c(F)cc(Br)c1F. The monoisotopic (exact) mass is 282 g/mol. The van der Waals surface area contributed by atoms with Crippen molar-refractivity contribution in [3.05, 3.63) is 33.6 Å². The zero-order chi connectivity index (χ0) is 11.6. The first-order chi connectivity index (χ1) is 6.97. The van der Waals surface area contributed by atoms with Crippen molar-refractivity contribution in [3.8, 4) is 0 Å². The highest BCUT2D eigenvalue weighted by Gasteiger charge is 2.20. The molecule has 1 aromatic rings. The number of benzene rings is 1. The number of carbonyl (C=O) groups is 1. The van der Waals surface area contributed by atoms with E-state index in [0.717, 1.165) is 7.11 Å². The lowest BCUT2D eigenvalue weighted by molar-refractivity contribution is -0.139. The summed E-state index contributed by atoms with van der Waals surface area (Å²) in [6, 6.07) is 0.658. The van der Waals surface area contributed by atoms with E-state index < -0.39 is 35.4 Å². The summed E-state index contributed by atoms with van der Waals surface area (Å²) in [5.74, 6) is -4.44. The lowest BCUT2D eigenvalue weighted by Gasteiger charge is -2.06. The number of esters is 1. The Kier molecular flexibility index (Phi) is 3.73. The number of rotatable bonds is 2. The molecule has 15 heavy (non-hydrogen) atoms. The van der Waals surface area contributed by atoms with Crippen LogP contribution >= 0.6 is 15.9 Å². The van der Waals surface area contributed by atoms with Crippen LogP contribution in [0.3, 0.4) is 0 Å². The van der Waals surface area contributed by atoms with Gasteiger partial charge in [0.2, 0.25) is 0 Å². The second-order valence-electron chi connectivity index (χ2n) is 2.70. The van der Waals surface area contributed by atoms with E-state index in [1.165, 1.54) is 0 Å². The van der Waals surface area contributed by atoms with Crippen LogP contribution in [0.25, 0.3) is 0 Å². The smallest absolute Gasteiger partial charge is 0.310 e. The van der Waals surface area contributed by atoms with Crippen LogP contribution in [0.15, 0.2) is 10.5 Å². The molecule has 0 fully saturated rings. The molecule has 0 unspecified atom stereocenters. The van der Waals surface area contributed by atoms with Gasteiger partial charge in [-0.2, -0.15) is 0 Å². The molecule has 0 aliphatic rings. The Hall–Kier alpha value is -1.04. The molecule has 0 spiro atoms. The lowest BCUT2D eigenvalue weighted by atomic mass is 10.1. The van der Waals surface area contributed by atoms with Crippen molar-refractivity contribution >= 4 is 21.9 Å². The van der Waals surface area contributed by atoms with Crippen molar-refractivity contribution in [3.63, 3.8) is 0 Å². The first-order valence-corrected chi connectivity index (χ1v) is 4.65. The molecule has 0 atom stereocenters. The van der Waals surface area contributed by atoms with Crippen LogP contribution < -0.4 is 0 Å². The molecule has 1 rings (SSSR count). The van der Waals surface area contributed by atoms with Crippen LogP contribution in [0.1, 0.15) is 5.56 Å². The molecule has 0 saturated carbocycles. The second-order valence-corrected chi connectivity index (χ2v) is 3.55. The van der Waals surface area contributed by atoms with E-state index in [2.05, 4.69) is 20.7 Å². The minimum absolute atomic E-state index is 0.236. The van der Waals surface area contributed by atoms with E-state index >= 15 is 0 Å². The fraction of sp³-hybridized carbons (Fsp3) is 0.222. The lowest BCUT2D eigenvalue weighted by Crippen LogP contribution is -2.10. The topological polar surface area (TPSA) is 26.3 Å². The fourth-order valence-corrected chi connectivity index (χ4v) is 1.43. The summed E-state index contributed by atoms with van der Waals surface area (Å²) in [6.45, 7) is 0. The molecule has 0 radical (unpaired) electrons. The largest absolute Gasteiger partial charge is 0.469 e. The third-order valence-electron chi connectivity index (χ3n) is 1.75. The highest BCUT2D eigenvalue weighted by molar-refractivity contribution is 9.10. The summed E-state index contributed by atoms with van der Waals surface area (Å²) in [6.07, 6.45) is -0.648. The summed E-state index contributed by atoms with van der Waals surface area (Å²) in [4.78, 5) is 10.8. The van der Waals surface area contributed by atoms with Crippen LogP contribution in [0.5, 0.6) is 0 Å². The number of carbonyl (C=O) groups excluding carboxylic acids is 1. The van der Waals surface area contributed by atoms with E-state index in [0.29, 0.717) is 6.07 Å². The maximum Gasteiger partial charge on any atom is 0.310 e. The van der Waals surface area contributed by atoms with E-state index in [1.54, 1.807) is 0 Å². The fourth-order valence-electron chi connectivity index (χ4n) is 0.994. The molecular weight excluding hydrogens is 277 g/mol. The Morgan fingerprint density at radius 2 is 2.00 bits per heavy atom. The zero-order valence-electron chi connectivity index (χ0n) is 7.61. The number of methoxy groups -OCH3 is 1. The van der Waals surface area contributed by atoms with Gasteiger partial charge in [-0.3, -0.25) is 4.79 Å². The third kappa shape index (κ3) is 2.50. The Labute approximate surface area is 92.2 Å². The number of ether oxygens (including phenoxy) is 1. The van der Waals surface area contributed by atoms with E-state index in [9.17, 15) is 18.0 Å². The molecule has 0 bridgehead atoms. The summed E-state index contributed by atoms with van der Waals surface area (Å²) >= 11 is 2.71. The standard InChI is InChI=1S/C9H6BrF3O2/c1-15-7(14)2-4-8(12)5(10)3-6(11)9(4)13/h3H,2H2,1H3. The van der Waals surface area contributed by atoms with Gasteiger partial charge in [-0.1, -0.05) is 0 Å². The normalized spacial score (nSPS) is 10.2. The van der Waals surface area contributed by atoms with Crippen molar-refractivity contribution in [2.24, 2.45) is 0 Å². The summed E-state index contributed by atoms with van der Waals surface area (Å²) < 4.78 is 43.2. The molecular formula is C9H6BrF3O2. The van der Waals surface area contributed by atoms with Crippen LogP contribution in [-0.2, 0) is 16.0 Å². The van der Waals surface area contributed by atoms with Crippen LogP contribution in [0.2, 0.25) is 0 Å². The molecule has 0 heterocycles. The Balaban J connectivity index is 3.21. The van der Waals surface area contributed by atoms with Crippen LogP contribution in [-0.4, -0.2) is 13.1 Å². The molecule has 0 aliphatic carbocycles. The molecule has 0 amide bonds. The predicted octanol–water partition coefficient (Wildman–Crippen LogP) is 2.58. The Morgan fingerprint density at radius 1 is 1.40 bits per heavy atom. The quantitative estimate of drug-likeness (QED) is 0.616. The zero-order valence-corrected chi connectivity index (χ0v) is 9.20. The first-order valence-electron chi connectivity index (χ1n) is 3.86. The van der Waals surface area contributed by atoms with Gasteiger partial charge in [0.05, 0.1) is 18.0 Å². The molecule has 0 aromatic heterocycles. The van der Waals surface area contributed by atoms with Crippen molar-refractivity contribution in [2.75, 3.05) is 7.11 Å².